The molecule has 0 saturated carbocycles. The van der Waals surface area contributed by atoms with Crippen LogP contribution < -0.4 is 11.2 Å². The molecule has 0 spiro atoms. The van der Waals surface area contributed by atoms with Crippen LogP contribution in [0.1, 0.15) is 48.5 Å². The SMILES string of the molecule is CCCCCC(/C=N\NC(=O)c1ccc(N)cc1)=C\c1ccccc1. The quantitative estimate of drug-likeness (QED) is 0.319. The van der Waals surface area contributed by atoms with Gasteiger partial charge in [0, 0.05) is 11.3 Å². The van der Waals surface area contributed by atoms with Gasteiger partial charge in [-0.15, -0.1) is 0 Å². The summed E-state index contributed by atoms with van der Waals surface area (Å²) in [5.41, 5.74) is 11.6. The number of benzene rings is 2. The number of nitrogens with one attached hydrogen (secondary N) is 1. The third-order valence-electron chi connectivity index (χ3n) is 3.79. The summed E-state index contributed by atoms with van der Waals surface area (Å²) in [4.78, 5) is 12.1. The minimum absolute atomic E-state index is 0.246. The summed E-state index contributed by atoms with van der Waals surface area (Å²) in [6.07, 6.45) is 8.23. The van der Waals surface area contributed by atoms with E-state index in [2.05, 4.69) is 35.7 Å². The summed E-state index contributed by atoms with van der Waals surface area (Å²) in [5.74, 6) is -0.246. The molecule has 25 heavy (non-hydrogen) atoms. The van der Waals surface area contributed by atoms with Crippen molar-refractivity contribution in [2.45, 2.75) is 32.6 Å². The van der Waals surface area contributed by atoms with E-state index in [1.165, 1.54) is 12.8 Å². The summed E-state index contributed by atoms with van der Waals surface area (Å²) in [5, 5.41) is 4.12. The Bertz CT molecular complexity index is 719. The number of unbranched alkanes of at least 4 members (excludes halogenated alkanes) is 2. The molecule has 2 aromatic carbocycles. The lowest BCUT2D eigenvalue weighted by Gasteiger charge is -2.04. The van der Waals surface area contributed by atoms with Crippen molar-refractivity contribution >= 4 is 23.9 Å². The monoisotopic (exact) mass is 335 g/mol. The fourth-order valence-electron chi connectivity index (χ4n) is 2.39. The predicted octanol–water partition coefficient (Wildman–Crippen LogP) is 4.65. The van der Waals surface area contributed by atoms with Crippen LogP contribution in [0.4, 0.5) is 5.69 Å². The first kappa shape index (κ1) is 18.5. The van der Waals surface area contributed by atoms with Crippen LogP contribution in [0.3, 0.4) is 0 Å². The first-order valence-corrected chi connectivity index (χ1v) is 8.63. The van der Waals surface area contributed by atoms with Gasteiger partial charge in [0.1, 0.15) is 0 Å². The van der Waals surface area contributed by atoms with Crippen molar-refractivity contribution in [2.75, 3.05) is 5.73 Å². The lowest BCUT2D eigenvalue weighted by Crippen LogP contribution is -2.17. The van der Waals surface area contributed by atoms with Crippen molar-refractivity contribution in [3.05, 3.63) is 71.3 Å². The number of hydrazone groups is 1. The fourth-order valence-corrected chi connectivity index (χ4v) is 2.39. The number of hydrogen-bond donors (Lipinski definition) is 2. The van der Waals surface area contributed by atoms with Crippen molar-refractivity contribution < 1.29 is 4.79 Å². The van der Waals surface area contributed by atoms with E-state index in [1.54, 1.807) is 30.5 Å². The molecular formula is C21H25N3O. The molecule has 0 bridgehead atoms. The van der Waals surface area contributed by atoms with Crippen molar-refractivity contribution in [1.82, 2.24) is 5.43 Å². The van der Waals surface area contributed by atoms with Gasteiger partial charge in [-0.3, -0.25) is 4.79 Å². The Morgan fingerprint density at radius 3 is 2.48 bits per heavy atom. The molecule has 0 unspecified atom stereocenters. The fraction of sp³-hybridized carbons (Fsp3) is 0.238. The second kappa shape index (κ2) is 10.1. The largest absolute Gasteiger partial charge is 0.399 e. The first-order valence-electron chi connectivity index (χ1n) is 8.63. The zero-order valence-corrected chi connectivity index (χ0v) is 14.6. The van der Waals surface area contributed by atoms with Crippen LogP contribution in [-0.4, -0.2) is 12.1 Å². The molecule has 2 rings (SSSR count). The smallest absolute Gasteiger partial charge is 0.271 e. The predicted molar refractivity (Wildman–Crippen MR) is 105 cm³/mol. The van der Waals surface area contributed by atoms with Gasteiger partial charge in [-0.2, -0.15) is 5.10 Å². The van der Waals surface area contributed by atoms with Gasteiger partial charge in [0.2, 0.25) is 0 Å². The third-order valence-corrected chi connectivity index (χ3v) is 3.79. The number of nitrogens with two attached hydrogens (primary N) is 1. The maximum atomic E-state index is 12.1. The Hall–Kier alpha value is -2.88. The van der Waals surface area contributed by atoms with Gasteiger partial charge in [-0.05, 0) is 48.2 Å². The first-order chi connectivity index (χ1) is 12.2. The highest BCUT2D eigenvalue weighted by Crippen LogP contribution is 2.12. The highest BCUT2D eigenvalue weighted by molar-refractivity contribution is 5.95. The molecule has 4 heteroatoms. The van der Waals surface area contributed by atoms with E-state index in [1.807, 2.05) is 18.2 Å². The second-order valence-electron chi connectivity index (χ2n) is 5.91. The maximum absolute atomic E-state index is 12.1. The minimum atomic E-state index is -0.246. The van der Waals surface area contributed by atoms with E-state index in [4.69, 9.17) is 5.73 Å². The standard InChI is InChI=1S/C21H25N3O/c1-2-3-5-10-18(15-17-8-6-4-7-9-17)16-23-24-21(25)19-11-13-20(22)14-12-19/h4,6-9,11-16H,2-3,5,10,22H2,1H3,(H,24,25)/b18-15+,23-16-. The molecule has 1 amide bonds. The molecule has 3 N–H and O–H groups in total. The lowest BCUT2D eigenvalue weighted by atomic mass is 10.1. The van der Waals surface area contributed by atoms with Crippen LogP contribution in [-0.2, 0) is 0 Å². The molecule has 0 aromatic heterocycles. The molecule has 0 heterocycles. The lowest BCUT2D eigenvalue weighted by molar-refractivity contribution is 0.0955. The van der Waals surface area contributed by atoms with Crippen molar-refractivity contribution in [2.24, 2.45) is 5.10 Å². The Morgan fingerprint density at radius 1 is 1.08 bits per heavy atom. The van der Waals surface area contributed by atoms with Crippen LogP contribution in [0.2, 0.25) is 0 Å². The van der Waals surface area contributed by atoms with Gasteiger partial charge in [-0.1, -0.05) is 56.2 Å². The molecule has 4 nitrogen and oxygen atoms in total. The Morgan fingerprint density at radius 2 is 1.80 bits per heavy atom. The molecule has 0 aliphatic rings. The van der Waals surface area contributed by atoms with Crippen LogP contribution in [0.25, 0.3) is 6.08 Å². The van der Waals surface area contributed by atoms with Crippen LogP contribution >= 0.6 is 0 Å². The van der Waals surface area contributed by atoms with E-state index >= 15 is 0 Å². The van der Waals surface area contributed by atoms with Crippen LogP contribution in [0.15, 0.2) is 65.3 Å². The average molecular weight is 335 g/mol. The topological polar surface area (TPSA) is 67.5 Å². The van der Waals surface area contributed by atoms with Crippen molar-refractivity contribution in [3.8, 4) is 0 Å². The molecule has 0 radical (unpaired) electrons. The van der Waals surface area contributed by atoms with E-state index in [-0.39, 0.29) is 5.91 Å². The molecular weight excluding hydrogens is 310 g/mol. The number of carbonyl (C=O) groups is 1. The van der Waals surface area contributed by atoms with Gasteiger partial charge < -0.3 is 5.73 Å². The summed E-state index contributed by atoms with van der Waals surface area (Å²) in [7, 11) is 0. The molecule has 0 fully saturated rings. The van der Waals surface area contributed by atoms with Gasteiger partial charge in [0.05, 0.1) is 6.21 Å². The zero-order valence-electron chi connectivity index (χ0n) is 14.6. The number of anilines is 1. The number of nitrogens with zero attached hydrogens (tertiary/aromatic N) is 1. The van der Waals surface area contributed by atoms with Gasteiger partial charge in [-0.25, -0.2) is 5.43 Å². The number of amides is 1. The molecule has 0 atom stereocenters. The Balaban J connectivity index is 2.02. The molecule has 0 saturated heterocycles. The van der Waals surface area contributed by atoms with Gasteiger partial charge in [0.25, 0.3) is 5.91 Å². The summed E-state index contributed by atoms with van der Waals surface area (Å²) in [6, 6.07) is 16.9. The molecule has 0 aliphatic carbocycles. The summed E-state index contributed by atoms with van der Waals surface area (Å²) < 4.78 is 0. The molecule has 2 aromatic rings. The average Bonchev–Trinajstić information content (AvgIpc) is 2.63. The van der Waals surface area contributed by atoms with E-state index in [0.29, 0.717) is 11.3 Å². The van der Waals surface area contributed by atoms with Gasteiger partial charge in [0.15, 0.2) is 0 Å². The molecule has 0 aliphatic heterocycles. The summed E-state index contributed by atoms with van der Waals surface area (Å²) in [6.45, 7) is 2.18. The third kappa shape index (κ3) is 6.63. The highest BCUT2D eigenvalue weighted by Gasteiger charge is 2.03. The minimum Gasteiger partial charge on any atom is -0.399 e. The van der Waals surface area contributed by atoms with E-state index < -0.39 is 0 Å². The highest BCUT2D eigenvalue weighted by atomic mass is 16.2. The van der Waals surface area contributed by atoms with Gasteiger partial charge >= 0.3 is 0 Å². The number of hydrogen-bond acceptors (Lipinski definition) is 3. The normalized spacial score (nSPS) is 11.6. The number of rotatable bonds is 8. The second-order valence-corrected chi connectivity index (χ2v) is 5.91. The number of carbonyl (C=O) groups excluding carboxylic acids is 1. The van der Waals surface area contributed by atoms with Crippen molar-refractivity contribution in [1.29, 1.82) is 0 Å². The number of allylic oxidation sites excluding steroid dienone is 1. The summed E-state index contributed by atoms with van der Waals surface area (Å²) >= 11 is 0. The number of nitrogen functional groups attached to an aromatic ring is 1. The van der Waals surface area contributed by atoms with Crippen LogP contribution in [0, 0.1) is 0 Å². The zero-order chi connectivity index (χ0) is 17.9. The van der Waals surface area contributed by atoms with E-state index in [9.17, 15) is 4.79 Å². The maximum Gasteiger partial charge on any atom is 0.271 e. The molecule has 130 valence electrons. The van der Waals surface area contributed by atoms with E-state index in [0.717, 1.165) is 24.0 Å². The van der Waals surface area contributed by atoms with Crippen molar-refractivity contribution in [3.63, 3.8) is 0 Å². The Kier molecular flexibility index (Phi) is 7.44. The van der Waals surface area contributed by atoms with Crippen LogP contribution in [0.5, 0.6) is 0 Å². The Labute approximate surface area is 149 Å².